The van der Waals surface area contributed by atoms with Gasteiger partial charge >= 0.3 is 6.61 Å². The molecule has 0 atom stereocenters. The Balaban J connectivity index is 1.39. The van der Waals surface area contributed by atoms with Gasteiger partial charge in [-0.25, -0.2) is 0 Å². The smallest absolute Gasteiger partial charge is 0.387 e. The van der Waals surface area contributed by atoms with Gasteiger partial charge in [0.1, 0.15) is 5.75 Å². The quantitative estimate of drug-likeness (QED) is 0.267. The summed E-state index contributed by atoms with van der Waals surface area (Å²) in [5.74, 6) is 8.24. The third-order valence-electron chi connectivity index (χ3n) is 6.66. The average Bonchev–Trinajstić information content (AvgIpc) is 2.81. The molecule has 0 aliphatic heterocycles. The maximum absolute atomic E-state index is 12.2. The van der Waals surface area contributed by atoms with Crippen molar-refractivity contribution in [3.8, 4) is 17.6 Å². The SMILES string of the molecule is CCCCCCC1CCC(CCc2ccc(C#Cc3ccc(OC(F)F)cc3)cc2)CC1. The Labute approximate surface area is 192 Å². The van der Waals surface area contributed by atoms with E-state index in [-0.39, 0.29) is 5.75 Å². The van der Waals surface area contributed by atoms with Crippen molar-refractivity contribution >= 4 is 0 Å². The van der Waals surface area contributed by atoms with E-state index in [4.69, 9.17) is 0 Å². The Morgan fingerprint density at radius 3 is 1.91 bits per heavy atom. The van der Waals surface area contributed by atoms with E-state index in [0.29, 0.717) is 0 Å². The first kappa shape index (κ1) is 24.3. The van der Waals surface area contributed by atoms with Gasteiger partial charge in [-0.2, -0.15) is 8.78 Å². The van der Waals surface area contributed by atoms with Crippen LogP contribution in [0.2, 0.25) is 0 Å². The van der Waals surface area contributed by atoms with Crippen molar-refractivity contribution in [3.63, 3.8) is 0 Å². The molecule has 0 N–H and O–H groups in total. The summed E-state index contributed by atoms with van der Waals surface area (Å²) < 4.78 is 28.8. The number of halogens is 2. The number of hydrogen-bond donors (Lipinski definition) is 0. The molecular formula is C29H36F2O. The van der Waals surface area contributed by atoms with Crippen molar-refractivity contribution in [2.24, 2.45) is 11.8 Å². The van der Waals surface area contributed by atoms with Crippen molar-refractivity contribution in [3.05, 3.63) is 65.2 Å². The molecule has 1 aliphatic carbocycles. The lowest BCUT2D eigenvalue weighted by molar-refractivity contribution is -0.0498. The van der Waals surface area contributed by atoms with Crippen molar-refractivity contribution < 1.29 is 13.5 Å². The van der Waals surface area contributed by atoms with Gasteiger partial charge in [-0.05, 0) is 66.6 Å². The zero-order valence-electron chi connectivity index (χ0n) is 19.3. The second kappa shape index (κ2) is 13.3. The van der Waals surface area contributed by atoms with E-state index in [1.807, 2.05) is 0 Å². The molecule has 3 rings (SSSR count). The van der Waals surface area contributed by atoms with Gasteiger partial charge in [-0.1, -0.05) is 88.7 Å². The predicted molar refractivity (Wildman–Crippen MR) is 128 cm³/mol. The molecule has 0 radical (unpaired) electrons. The number of rotatable bonds is 10. The summed E-state index contributed by atoms with van der Waals surface area (Å²) in [5, 5.41) is 0. The molecule has 2 aromatic carbocycles. The minimum absolute atomic E-state index is 0.148. The second-order valence-electron chi connectivity index (χ2n) is 9.12. The number of aryl methyl sites for hydroxylation is 1. The monoisotopic (exact) mass is 438 g/mol. The Morgan fingerprint density at radius 1 is 0.781 bits per heavy atom. The van der Waals surface area contributed by atoms with Crippen LogP contribution in [-0.4, -0.2) is 6.61 Å². The van der Waals surface area contributed by atoms with Gasteiger partial charge in [0.2, 0.25) is 0 Å². The highest BCUT2D eigenvalue weighted by molar-refractivity contribution is 5.44. The fourth-order valence-electron chi connectivity index (χ4n) is 4.66. The molecular weight excluding hydrogens is 402 g/mol. The largest absolute Gasteiger partial charge is 0.435 e. The minimum atomic E-state index is -2.80. The highest BCUT2D eigenvalue weighted by Crippen LogP contribution is 2.34. The molecule has 1 fully saturated rings. The highest BCUT2D eigenvalue weighted by Gasteiger charge is 2.20. The molecule has 0 amide bonds. The maximum Gasteiger partial charge on any atom is 0.387 e. The van der Waals surface area contributed by atoms with Crippen molar-refractivity contribution in [2.75, 3.05) is 0 Å². The van der Waals surface area contributed by atoms with E-state index in [0.717, 1.165) is 29.4 Å². The zero-order chi connectivity index (χ0) is 22.6. The molecule has 0 spiro atoms. The van der Waals surface area contributed by atoms with Crippen molar-refractivity contribution in [1.82, 2.24) is 0 Å². The molecule has 1 nitrogen and oxygen atoms in total. The van der Waals surface area contributed by atoms with E-state index in [9.17, 15) is 8.78 Å². The van der Waals surface area contributed by atoms with Gasteiger partial charge in [0.15, 0.2) is 0 Å². The summed E-state index contributed by atoms with van der Waals surface area (Å²) in [6.07, 6.45) is 15.1. The van der Waals surface area contributed by atoms with Gasteiger partial charge in [0.25, 0.3) is 0 Å². The van der Waals surface area contributed by atoms with E-state index < -0.39 is 6.61 Å². The first-order valence-corrected chi connectivity index (χ1v) is 12.3. The van der Waals surface area contributed by atoms with E-state index in [1.54, 1.807) is 12.1 Å². The molecule has 3 heteroatoms. The molecule has 1 saturated carbocycles. The molecule has 0 unspecified atom stereocenters. The molecule has 0 bridgehead atoms. The van der Waals surface area contributed by atoms with Crippen LogP contribution < -0.4 is 4.74 Å². The molecule has 0 saturated heterocycles. The highest BCUT2D eigenvalue weighted by atomic mass is 19.3. The van der Waals surface area contributed by atoms with Gasteiger partial charge < -0.3 is 4.74 Å². The van der Waals surface area contributed by atoms with Crippen molar-refractivity contribution in [1.29, 1.82) is 0 Å². The lowest BCUT2D eigenvalue weighted by Crippen LogP contribution is -2.15. The van der Waals surface area contributed by atoms with Crippen LogP contribution in [0, 0.1) is 23.7 Å². The van der Waals surface area contributed by atoms with Crippen LogP contribution in [0.25, 0.3) is 0 Å². The third kappa shape index (κ3) is 8.65. The summed E-state index contributed by atoms with van der Waals surface area (Å²) in [7, 11) is 0. The fourth-order valence-corrected chi connectivity index (χ4v) is 4.66. The Bertz CT molecular complexity index is 837. The third-order valence-corrected chi connectivity index (χ3v) is 6.66. The van der Waals surface area contributed by atoms with E-state index in [1.165, 1.54) is 81.9 Å². The lowest BCUT2D eigenvalue weighted by Gasteiger charge is -2.28. The summed E-state index contributed by atoms with van der Waals surface area (Å²) in [6, 6.07) is 14.9. The molecule has 0 heterocycles. The van der Waals surface area contributed by atoms with Crippen LogP contribution in [0.1, 0.15) is 87.8 Å². The van der Waals surface area contributed by atoms with Gasteiger partial charge in [-0.15, -0.1) is 0 Å². The predicted octanol–water partition coefficient (Wildman–Crippen LogP) is 8.40. The molecule has 172 valence electrons. The zero-order valence-corrected chi connectivity index (χ0v) is 19.3. The number of unbranched alkanes of at least 4 members (excludes halogenated alkanes) is 3. The standard InChI is InChI=1S/C29H36F2O/c1-2-3-4-5-6-23-7-9-24(10-8-23)11-12-25-13-15-26(16-14-25)17-18-27-19-21-28(22-20-27)32-29(30)31/h13-16,19-24,29H,2-12H2,1H3. The van der Waals surface area contributed by atoms with Crippen LogP contribution >= 0.6 is 0 Å². The number of ether oxygens (including phenoxy) is 1. The lowest BCUT2D eigenvalue weighted by atomic mass is 9.77. The normalized spacial score (nSPS) is 18.2. The number of benzene rings is 2. The summed E-state index contributed by atoms with van der Waals surface area (Å²) >= 11 is 0. The van der Waals surface area contributed by atoms with Crippen LogP contribution in [0.5, 0.6) is 5.75 Å². The van der Waals surface area contributed by atoms with Gasteiger partial charge in [0.05, 0.1) is 0 Å². The topological polar surface area (TPSA) is 9.23 Å². The van der Waals surface area contributed by atoms with Gasteiger partial charge in [0, 0.05) is 11.1 Å². The van der Waals surface area contributed by atoms with Gasteiger partial charge in [-0.3, -0.25) is 0 Å². The minimum Gasteiger partial charge on any atom is -0.435 e. The molecule has 0 aromatic heterocycles. The van der Waals surface area contributed by atoms with Crippen LogP contribution in [0.4, 0.5) is 8.78 Å². The van der Waals surface area contributed by atoms with Crippen LogP contribution in [0.15, 0.2) is 48.5 Å². The summed E-state index contributed by atoms with van der Waals surface area (Å²) in [5.41, 5.74) is 3.12. The summed E-state index contributed by atoms with van der Waals surface area (Å²) in [6.45, 7) is -0.523. The van der Waals surface area contributed by atoms with Crippen molar-refractivity contribution in [2.45, 2.75) is 84.2 Å². The Kier molecular flexibility index (Phi) is 10.1. The molecule has 2 aromatic rings. The molecule has 1 aliphatic rings. The average molecular weight is 439 g/mol. The van der Waals surface area contributed by atoms with Crippen LogP contribution in [0.3, 0.4) is 0 Å². The van der Waals surface area contributed by atoms with E-state index in [2.05, 4.69) is 47.8 Å². The maximum atomic E-state index is 12.2. The Morgan fingerprint density at radius 2 is 1.34 bits per heavy atom. The molecule has 32 heavy (non-hydrogen) atoms. The first-order valence-electron chi connectivity index (χ1n) is 12.3. The van der Waals surface area contributed by atoms with E-state index >= 15 is 0 Å². The van der Waals surface area contributed by atoms with Crippen LogP contribution in [-0.2, 0) is 6.42 Å². The Hall–Kier alpha value is -2.34. The fraction of sp³-hybridized carbons (Fsp3) is 0.517. The second-order valence-corrected chi connectivity index (χ2v) is 9.12. The number of hydrogen-bond acceptors (Lipinski definition) is 1. The number of alkyl halides is 2. The summed E-state index contributed by atoms with van der Waals surface area (Å²) in [4.78, 5) is 0. The first-order chi connectivity index (χ1) is 15.6.